The zero-order valence-corrected chi connectivity index (χ0v) is 10.0. The highest BCUT2D eigenvalue weighted by atomic mass is 16.2. The third-order valence-corrected chi connectivity index (χ3v) is 2.88. The predicted octanol–water partition coefficient (Wildman–Crippen LogP) is -0.462. The second kappa shape index (κ2) is 4.67. The Kier molecular flexibility index (Phi) is 3.23. The van der Waals surface area contributed by atoms with Crippen molar-refractivity contribution in [1.82, 2.24) is 20.0 Å². The number of rotatable bonds is 4. The van der Waals surface area contributed by atoms with E-state index in [9.17, 15) is 9.59 Å². The van der Waals surface area contributed by atoms with Gasteiger partial charge in [-0.2, -0.15) is 5.10 Å². The van der Waals surface area contributed by atoms with Gasteiger partial charge in [0.25, 0.3) is 0 Å². The van der Waals surface area contributed by atoms with Gasteiger partial charge in [0.2, 0.25) is 11.8 Å². The molecule has 1 fully saturated rings. The molecule has 1 aromatic rings. The Hall–Kier alpha value is -1.69. The van der Waals surface area contributed by atoms with Crippen molar-refractivity contribution >= 4 is 11.8 Å². The van der Waals surface area contributed by atoms with Crippen molar-refractivity contribution in [2.24, 2.45) is 0 Å². The first kappa shape index (κ1) is 11.8. The van der Waals surface area contributed by atoms with Crippen molar-refractivity contribution in [2.75, 3.05) is 13.6 Å². The maximum atomic E-state index is 11.6. The lowest BCUT2D eigenvalue weighted by Crippen LogP contribution is -2.38. The van der Waals surface area contributed by atoms with Gasteiger partial charge < -0.3 is 5.32 Å². The van der Waals surface area contributed by atoms with E-state index in [-0.39, 0.29) is 24.3 Å². The highest BCUT2D eigenvalue weighted by molar-refractivity contribution is 6.05. The van der Waals surface area contributed by atoms with Crippen LogP contribution >= 0.6 is 0 Å². The second-order valence-electron chi connectivity index (χ2n) is 4.28. The molecule has 2 heterocycles. The van der Waals surface area contributed by atoms with E-state index in [4.69, 9.17) is 0 Å². The third kappa shape index (κ3) is 2.52. The first-order valence-corrected chi connectivity index (χ1v) is 5.61. The van der Waals surface area contributed by atoms with Gasteiger partial charge in [0.1, 0.15) is 0 Å². The Balaban J connectivity index is 1.80. The number of aromatic nitrogens is 2. The van der Waals surface area contributed by atoms with Crippen LogP contribution in [0.4, 0.5) is 0 Å². The van der Waals surface area contributed by atoms with Gasteiger partial charge in [0.15, 0.2) is 0 Å². The minimum atomic E-state index is -0.371. The summed E-state index contributed by atoms with van der Waals surface area (Å²) in [4.78, 5) is 24.0. The zero-order chi connectivity index (χ0) is 12.4. The largest absolute Gasteiger partial charge is 0.304 e. The van der Waals surface area contributed by atoms with Gasteiger partial charge in [0.05, 0.1) is 25.2 Å². The molecule has 0 saturated carbocycles. The average molecular weight is 236 g/mol. The Morgan fingerprint density at radius 3 is 2.82 bits per heavy atom. The summed E-state index contributed by atoms with van der Waals surface area (Å²) in [5, 5.41) is 7.22. The highest BCUT2D eigenvalue weighted by Gasteiger charge is 2.35. The van der Waals surface area contributed by atoms with Crippen LogP contribution in [0.3, 0.4) is 0 Å². The highest BCUT2D eigenvalue weighted by Crippen LogP contribution is 2.09. The van der Waals surface area contributed by atoms with Gasteiger partial charge in [-0.3, -0.25) is 19.2 Å². The van der Waals surface area contributed by atoms with Gasteiger partial charge in [0, 0.05) is 19.8 Å². The van der Waals surface area contributed by atoms with Crippen LogP contribution in [0.1, 0.15) is 12.0 Å². The molecule has 0 radical (unpaired) electrons. The molecule has 1 aliphatic rings. The van der Waals surface area contributed by atoms with Crippen molar-refractivity contribution in [1.29, 1.82) is 0 Å². The van der Waals surface area contributed by atoms with Crippen molar-refractivity contribution in [3.63, 3.8) is 0 Å². The Morgan fingerprint density at radius 1 is 1.53 bits per heavy atom. The van der Waals surface area contributed by atoms with E-state index in [0.717, 1.165) is 5.56 Å². The molecular weight excluding hydrogens is 220 g/mol. The normalized spacial score (nSPS) is 20.4. The fourth-order valence-corrected chi connectivity index (χ4v) is 1.86. The van der Waals surface area contributed by atoms with Gasteiger partial charge in [-0.15, -0.1) is 0 Å². The fourth-order valence-electron chi connectivity index (χ4n) is 1.86. The summed E-state index contributed by atoms with van der Waals surface area (Å²) < 4.78 is 1.81. The van der Waals surface area contributed by atoms with Gasteiger partial charge in [-0.25, -0.2) is 0 Å². The van der Waals surface area contributed by atoms with Crippen molar-refractivity contribution in [2.45, 2.75) is 25.9 Å². The molecule has 6 heteroatoms. The molecule has 0 spiro atoms. The Morgan fingerprint density at radius 2 is 2.29 bits per heavy atom. The lowest BCUT2D eigenvalue weighted by Gasteiger charge is -2.10. The molecule has 1 unspecified atom stereocenters. The summed E-state index contributed by atoms with van der Waals surface area (Å²) in [6.07, 6.45) is 3.99. The second-order valence-corrected chi connectivity index (χ2v) is 4.28. The molecule has 92 valence electrons. The summed E-state index contributed by atoms with van der Waals surface area (Å²) >= 11 is 0. The number of hydrogen-bond acceptors (Lipinski definition) is 4. The molecule has 0 aromatic carbocycles. The quantitative estimate of drug-likeness (QED) is 0.718. The standard InChI is InChI=1S/C11H16N4O2/c1-8-6-13-15(7-8)4-3-12-9-5-10(16)14(2)11(9)17/h6-7,9,12H,3-5H2,1-2H3. The van der Waals surface area contributed by atoms with E-state index >= 15 is 0 Å². The maximum absolute atomic E-state index is 11.6. The molecule has 2 amide bonds. The Labute approximate surface area is 99.6 Å². The topological polar surface area (TPSA) is 67.2 Å². The molecule has 1 aliphatic heterocycles. The summed E-state index contributed by atoms with van der Waals surface area (Å²) in [5.41, 5.74) is 1.11. The number of likely N-dealkylation sites (tertiary alicyclic amines) is 1. The lowest BCUT2D eigenvalue weighted by atomic mass is 10.2. The van der Waals surface area contributed by atoms with E-state index in [1.807, 2.05) is 17.8 Å². The molecule has 1 saturated heterocycles. The Bertz CT molecular complexity index is 440. The first-order valence-electron chi connectivity index (χ1n) is 5.61. The smallest absolute Gasteiger partial charge is 0.246 e. The summed E-state index contributed by atoms with van der Waals surface area (Å²) in [7, 11) is 1.52. The average Bonchev–Trinajstić information content (AvgIpc) is 2.80. The van der Waals surface area contributed by atoms with E-state index in [0.29, 0.717) is 13.1 Å². The van der Waals surface area contributed by atoms with E-state index in [1.165, 1.54) is 11.9 Å². The lowest BCUT2D eigenvalue weighted by molar-refractivity contribution is -0.137. The number of hydrogen-bond donors (Lipinski definition) is 1. The fraction of sp³-hybridized carbons (Fsp3) is 0.545. The summed E-state index contributed by atoms with van der Waals surface area (Å²) in [6.45, 7) is 3.29. The van der Waals surface area contributed by atoms with Crippen LogP contribution < -0.4 is 5.32 Å². The van der Waals surface area contributed by atoms with E-state index in [1.54, 1.807) is 6.20 Å². The molecule has 1 N–H and O–H groups in total. The van der Waals surface area contributed by atoms with Gasteiger partial charge >= 0.3 is 0 Å². The molecule has 6 nitrogen and oxygen atoms in total. The van der Waals surface area contributed by atoms with Crippen LogP contribution in [0.2, 0.25) is 0 Å². The minimum Gasteiger partial charge on any atom is -0.304 e. The molecule has 17 heavy (non-hydrogen) atoms. The number of nitrogens with zero attached hydrogens (tertiary/aromatic N) is 3. The predicted molar refractivity (Wildman–Crippen MR) is 61.1 cm³/mol. The number of imide groups is 1. The number of amides is 2. The van der Waals surface area contributed by atoms with Gasteiger partial charge in [-0.1, -0.05) is 0 Å². The molecule has 2 rings (SSSR count). The van der Waals surface area contributed by atoms with Crippen LogP contribution in [-0.4, -0.2) is 46.1 Å². The summed E-state index contributed by atoms with van der Waals surface area (Å²) in [6, 6.07) is -0.371. The van der Waals surface area contributed by atoms with Crippen molar-refractivity contribution in [3.05, 3.63) is 18.0 Å². The van der Waals surface area contributed by atoms with E-state index < -0.39 is 0 Å². The minimum absolute atomic E-state index is 0.123. The van der Waals surface area contributed by atoms with Crippen LogP contribution in [-0.2, 0) is 16.1 Å². The van der Waals surface area contributed by atoms with Crippen LogP contribution in [0.5, 0.6) is 0 Å². The van der Waals surface area contributed by atoms with E-state index in [2.05, 4.69) is 10.4 Å². The number of aryl methyl sites for hydroxylation is 1. The molecule has 1 aromatic heterocycles. The summed E-state index contributed by atoms with van der Waals surface area (Å²) in [5.74, 6) is -0.269. The van der Waals surface area contributed by atoms with Gasteiger partial charge in [-0.05, 0) is 12.5 Å². The number of carbonyl (C=O) groups excluding carboxylic acids is 2. The van der Waals surface area contributed by atoms with Crippen LogP contribution in [0.25, 0.3) is 0 Å². The molecule has 0 aliphatic carbocycles. The SMILES string of the molecule is Cc1cnn(CCNC2CC(=O)N(C)C2=O)c1. The zero-order valence-electron chi connectivity index (χ0n) is 10.0. The number of likely N-dealkylation sites (N-methyl/N-ethyl adjacent to an activating group) is 1. The first-order chi connectivity index (χ1) is 8.08. The molecule has 1 atom stereocenters. The number of nitrogens with one attached hydrogen (secondary N) is 1. The maximum Gasteiger partial charge on any atom is 0.246 e. The number of carbonyl (C=O) groups is 2. The third-order valence-electron chi connectivity index (χ3n) is 2.88. The van der Waals surface area contributed by atoms with Crippen LogP contribution in [0, 0.1) is 6.92 Å². The van der Waals surface area contributed by atoms with Crippen LogP contribution in [0.15, 0.2) is 12.4 Å². The molecule has 0 bridgehead atoms. The monoisotopic (exact) mass is 236 g/mol. The van der Waals surface area contributed by atoms with Crippen molar-refractivity contribution in [3.8, 4) is 0 Å². The molecular formula is C11H16N4O2. The van der Waals surface area contributed by atoms with Crippen molar-refractivity contribution < 1.29 is 9.59 Å².